The summed E-state index contributed by atoms with van der Waals surface area (Å²) >= 11 is 0. The van der Waals surface area contributed by atoms with Crippen LogP contribution < -0.4 is 0 Å². The highest BCUT2D eigenvalue weighted by molar-refractivity contribution is 5.80. The third-order valence-corrected chi connectivity index (χ3v) is 3.90. The summed E-state index contributed by atoms with van der Waals surface area (Å²) in [6.45, 7) is 3.45. The van der Waals surface area contributed by atoms with E-state index in [0.29, 0.717) is 13.0 Å². The molecule has 0 spiro atoms. The number of H-pyrrole nitrogens is 1. The molecule has 1 aliphatic heterocycles. The maximum Gasteiger partial charge on any atom is 0.148 e. The number of halogens is 1. The first kappa shape index (κ1) is 11.7. The van der Waals surface area contributed by atoms with Crippen molar-refractivity contribution in [3.8, 4) is 0 Å². The van der Waals surface area contributed by atoms with E-state index in [0.717, 1.165) is 35.0 Å². The van der Waals surface area contributed by atoms with Gasteiger partial charge in [0.05, 0.1) is 11.7 Å². The molecule has 3 nitrogen and oxygen atoms in total. The van der Waals surface area contributed by atoms with Gasteiger partial charge in [-0.25, -0.2) is 4.39 Å². The first-order chi connectivity index (χ1) is 8.58. The van der Waals surface area contributed by atoms with Crippen LogP contribution in [0.5, 0.6) is 0 Å². The Kier molecular flexibility index (Phi) is 2.63. The van der Waals surface area contributed by atoms with Gasteiger partial charge in [-0.2, -0.15) is 5.10 Å². The van der Waals surface area contributed by atoms with E-state index in [1.807, 2.05) is 26.1 Å². The fourth-order valence-electron chi connectivity index (χ4n) is 3.02. The largest absolute Gasteiger partial charge is 0.303 e. The third kappa shape index (κ3) is 1.81. The van der Waals surface area contributed by atoms with Crippen molar-refractivity contribution >= 4 is 10.9 Å². The normalized spacial score (nSPS) is 25.7. The smallest absolute Gasteiger partial charge is 0.148 e. The minimum absolute atomic E-state index is 0.480. The standard InChI is InChI=1S/C14H18FN3/c1-10-6-11-8-16-17-13(11)7-12(10)14(15)4-3-5-18(2)9-14/h6-8H,3-5,9H2,1-2H3,(H,16,17). The Morgan fingerprint density at radius 1 is 1.44 bits per heavy atom. The molecule has 4 heteroatoms. The van der Waals surface area contributed by atoms with Crippen molar-refractivity contribution < 1.29 is 4.39 Å². The third-order valence-electron chi connectivity index (χ3n) is 3.90. The van der Waals surface area contributed by atoms with E-state index >= 15 is 4.39 Å². The molecular formula is C14H18FN3. The number of benzene rings is 1. The summed E-state index contributed by atoms with van der Waals surface area (Å²) in [5.74, 6) is 0. The molecule has 0 radical (unpaired) electrons. The average molecular weight is 247 g/mol. The topological polar surface area (TPSA) is 31.9 Å². The Bertz CT molecular complexity index is 577. The number of hydrogen-bond acceptors (Lipinski definition) is 2. The lowest BCUT2D eigenvalue weighted by molar-refractivity contribution is 0.0559. The first-order valence-corrected chi connectivity index (χ1v) is 6.40. The molecule has 1 aromatic heterocycles. The molecule has 0 bridgehead atoms. The van der Waals surface area contributed by atoms with E-state index in [2.05, 4.69) is 15.1 Å². The van der Waals surface area contributed by atoms with E-state index in [4.69, 9.17) is 0 Å². The number of hydrogen-bond donors (Lipinski definition) is 1. The van der Waals surface area contributed by atoms with Gasteiger partial charge in [0.15, 0.2) is 0 Å². The van der Waals surface area contributed by atoms with Crippen LogP contribution in [0.2, 0.25) is 0 Å². The molecule has 0 saturated carbocycles. The highest BCUT2D eigenvalue weighted by Gasteiger charge is 2.37. The maximum absolute atomic E-state index is 15.2. The van der Waals surface area contributed by atoms with Gasteiger partial charge in [0.2, 0.25) is 0 Å². The van der Waals surface area contributed by atoms with Crippen LogP contribution in [-0.4, -0.2) is 35.2 Å². The summed E-state index contributed by atoms with van der Waals surface area (Å²) in [7, 11) is 1.98. The Morgan fingerprint density at radius 2 is 2.28 bits per heavy atom. The molecule has 3 rings (SSSR count). The molecule has 1 unspecified atom stereocenters. The molecule has 1 fully saturated rings. The monoisotopic (exact) mass is 247 g/mol. The molecule has 0 aliphatic carbocycles. The van der Waals surface area contributed by atoms with Crippen molar-refractivity contribution in [1.82, 2.24) is 15.1 Å². The van der Waals surface area contributed by atoms with Crippen LogP contribution in [0, 0.1) is 6.92 Å². The van der Waals surface area contributed by atoms with E-state index in [-0.39, 0.29) is 0 Å². The summed E-state index contributed by atoms with van der Waals surface area (Å²) in [5, 5.41) is 7.98. The van der Waals surface area contributed by atoms with Crippen LogP contribution in [0.25, 0.3) is 10.9 Å². The highest BCUT2D eigenvalue weighted by atomic mass is 19.1. The molecule has 1 atom stereocenters. The number of piperidine rings is 1. The second-order valence-electron chi connectivity index (χ2n) is 5.43. The molecule has 1 aromatic carbocycles. The minimum atomic E-state index is -1.23. The zero-order valence-corrected chi connectivity index (χ0v) is 10.8. The van der Waals surface area contributed by atoms with Crippen LogP contribution >= 0.6 is 0 Å². The van der Waals surface area contributed by atoms with Gasteiger partial charge in [-0.1, -0.05) is 0 Å². The molecule has 1 aliphatic rings. The number of alkyl halides is 1. The number of aryl methyl sites for hydroxylation is 1. The number of nitrogens with zero attached hydrogens (tertiary/aromatic N) is 2. The van der Waals surface area contributed by atoms with Crippen LogP contribution in [0.4, 0.5) is 4.39 Å². The number of aromatic nitrogens is 2. The quantitative estimate of drug-likeness (QED) is 0.840. The maximum atomic E-state index is 15.2. The number of likely N-dealkylation sites (N-methyl/N-ethyl adjacent to an activating group) is 1. The number of nitrogens with one attached hydrogen (secondary N) is 1. The predicted octanol–water partition coefficient (Wildman–Crippen LogP) is 2.76. The number of fused-ring (bicyclic) bond motifs is 1. The fraction of sp³-hybridized carbons (Fsp3) is 0.500. The van der Waals surface area contributed by atoms with Crippen molar-refractivity contribution in [2.24, 2.45) is 0 Å². The van der Waals surface area contributed by atoms with Crippen LogP contribution in [0.15, 0.2) is 18.3 Å². The van der Waals surface area contributed by atoms with Gasteiger partial charge in [0, 0.05) is 11.9 Å². The van der Waals surface area contributed by atoms with Crippen molar-refractivity contribution in [2.75, 3.05) is 20.1 Å². The van der Waals surface area contributed by atoms with E-state index in [9.17, 15) is 0 Å². The Balaban J connectivity index is 2.09. The summed E-state index contributed by atoms with van der Waals surface area (Å²) in [6.07, 6.45) is 3.30. The lowest BCUT2D eigenvalue weighted by atomic mass is 9.84. The second kappa shape index (κ2) is 4.05. The lowest BCUT2D eigenvalue weighted by Gasteiger charge is -2.36. The van der Waals surface area contributed by atoms with Crippen molar-refractivity contribution in [3.63, 3.8) is 0 Å². The van der Waals surface area contributed by atoms with Crippen molar-refractivity contribution in [2.45, 2.75) is 25.4 Å². The van der Waals surface area contributed by atoms with Crippen molar-refractivity contribution in [3.05, 3.63) is 29.5 Å². The van der Waals surface area contributed by atoms with Gasteiger partial charge in [-0.3, -0.25) is 5.10 Å². The van der Waals surface area contributed by atoms with Gasteiger partial charge < -0.3 is 4.90 Å². The Labute approximate surface area is 106 Å². The fourth-order valence-corrected chi connectivity index (χ4v) is 3.02. The number of likely N-dealkylation sites (tertiary alicyclic amines) is 1. The Hall–Kier alpha value is -1.42. The molecule has 0 amide bonds. The number of rotatable bonds is 1. The molecule has 2 heterocycles. The van der Waals surface area contributed by atoms with Gasteiger partial charge in [0.1, 0.15) is 5.67 Å². The van der Waals surface area contributed by atoms with E-state index in [1.54, 1.807) is 6.20 Å². The van der Waals surface area contributed by atoms with Crippen LogP contribution in [-0.2, 0) is 5.67 Å². The van der Waals surface area contributed by atoms with E-state index < -0.39 is 5.67 Å². The molecular weight excluding hydrogens is 229 g/mol. The Morgan fingerprint density at radius 3 is 3.06 bits per heavy atom. The lowest BCUT2D eigenvalue weighted by Crippen LogP contribution is -2.41. The zero-order chi connectivity index (χ0) is 12.8. The number of aromatic amines is 1. The van der Waals surface area contributed by atoms with Crippen molar-refractivity contribution in [1.29, 1.82) is 0 Å². The molecule has 1 saturated heterocycles. The first-order valence-electron chi connectivity index (χ1n) is 6.40. The summed E-state index contributed by atoms with van der Waals surface area (Å²) in [4.78, 5) is 2.07. The summed E-state index contributed by atoms with van der Waals surface area (Å²) in [5.41, 5.74) is 1.52. The van der Waals surface area contributed by atoms with E-state index in [1.165, 1.54) is 0 Å². The molecule has 2 aromatic rings. The van der Waals surface area contributed by atoms with Gasteiger partial charge in [-0.05, 0) is 56.6 Å². The van der Waals surface area contributed by atoms with Crippen LogP contribution in [0.3, 0.4) is 0 Å². The average Bonchev–Trinajstić information content (AvgIpc) is 2.74. The molecule has 18 heavy (non-hydrogen) atoms. The summed E-state index contributed by atoms with van der Waals surface area (Å²) < 4.78 is 15.2. The molecule has 1 N–H and O–H groups in total. The van der Waals surface area contributed by atoms with Gasteiger partial charge in [0.25, 0.3) is 0 Å². The summed E-state index contributed by atoms with van der Waals surface area (Å²) in [6, 6.07) is 3.95. The molecule has 96 valence electrons. The predicted molar refractivity (Wildman–Crippen MR) is 70.3 cm³/mol. The highest BCUT2D eigenvalue weighted by Crippen LogP contribution is 2.38. The second-order valence-corrected chi connectivity index (χ2v) is 5.43. The zero-order valence-electron chi connectivity index (χ0n) is 10.8. The van der Waals surface area contributed by atoms with Gasteiger partial charge in [-0.15, -0.1) is 0 Å². The SMILES string of the molecule is Cc1cc2cn[nH]c2cc1C1(F)CCCN(C)C1. The minimum Gasteiger partial charge on any atom is -0.303 e. The van der Waals surface area contributed by atoms with Crippen LogP contribution in [0.1, 0.15) is 24.0 Å². The van der Waals surface area contributed by atoms with Gasteiger partial charge >= 0.3 is 0 Å².